The van der Waals surface area contributed by atoms with Gasteiger partial charge in [0.25, 0.3) is 5.91 Å². The van der Waals surface area contributed by atoms with Crippen molar-refractivity contribution in [2.24, 2.45) is 5.73 Å². The van der Waals surface area contributed by atoms with Crippen molar-refractivity contribution < 1.29 is 9.21 Å². The summed E-state index contributed by atoms with van der Waals surface area (Å²) in [5.41, 5.74) is 8.07. The first-order valence-corrected chi connectivity index (χ1v) is 6.16. The first-order chi connectivity index (χ1) is 9.65. The van der Waals surface area contributed by atoms with E-state index < -0.39 is 5.91 Å². The molecule has 0 saturated carbocycles. The lowest BCUT2D eigenvalue weighted by atomic mass is 10.1. The Morgan fingerprint density at radius 2 is 2.15 bits per heavy atom. The summed E-state index contributed by atoms with van der Waals surface area (Å²) in [6.45, 7) is 2.01. The van der Waals surface area contributed by atoms with Crippen molar-refractivity contribution >= 4 is 5.91 Å². The van der Waals surface area contributed by atoms with Crippen LogP contribution in [0.1, 0.15) is 16.1 Å². The summed E-state index contributed by atoms with van der Waals surface area (Å²) in [5, 5.41) is 4.24. The Hall–Kier alpha value is -2.82. The molecule has 0 fully saturated rings. The normalized spacial score (nSPS) is 10.7. The lowest BCUT2D eigenvalue weighted by Crippen LogP contribution is -2.09. The zero-order valence-corrected chi connectivity index (χ0v) is 10.9. The molecule has 2 N–H and O–H groups in total. The van der Waals surface area contributed by atoms with Crippen LogP contribution in [0.15, 0.2) is 53.2 Å². The van der Waals surface area contributed by atoms with E-state index in [9.17, 15) is 4.79 Å². The van der Waals surface area contributed by atoms with Crippen LogP contribution in [-0.4, -0.2) is 15.7 Å². The third-order valence-electron chi connectivity index (χ3n) is 3.02. The first-order valence-electron chi connectivity index (χ1n) is 6.16. The van der Waals surface area contributed by atoms with Crippen molar-refractivity contribution in [3.8, 4) is 17.0 Å². The largest absolute Gasteiger partial charge is 0.451 e. The molecule has 3 aromatic rings. The molecule has 0 unspecified atom stereocenters. The minimum Gasteiger partial charge on any atom is -0.451 e. The van der Waals surface area contributed by atoms with Crippen molar-refractivity contribution in [1.82, 2.24) is 9.78 Å². The van der Waals surface area contributed by atoms with Crippen molar-refractivity contribution in [2.75, 3.05) is 0 Å². The molecule has 5 nitrogen and oxygen atoms in total. The summed E-state index contributed by atoms with van der Waals surface area (Å²) >= 11 is 0. The first kappa shape index (κ1) is 12.2. The molecule has 0 saturated heterocycles. The maximum absolute atomic E-state index is 11.1. The number of amides is 1. The molecule has 20 heavy (non-hydrogen) atoms. The molecule has 0 aliphatic rings. The number of hydrogen-bond donors (Lipinski definition) is 1. The molecule has 100 valence electrons. The van der Waals surface area contributed by atoms with Gasteiger partial charge in [0.05, 0.1) is 5.69 Å². The van der Waals surface area contributed by atoms with Gasteiger partial charge in [-0.1, -0.05) is 6.07 Å². The van der Waals surface area contributed by atoms with Crippen LogP contribution in [0.2, 0.25) is 0 Å². The average molecular weight is 267 g/mol. The van der Waals surface area contributed by atoms with E-state index in [1.807, 2.05) is 37.4 Å². The molecule has 0 bridgehead atoms. The highest BCUT2D eigenvalue weighted by Gasteiger charge is 2.13. The number of nitrogens with zero attached hydrogens (tertiary/aromatic N) is 2. The Bertz CT molecular complexity index is 757. The van der Waals surface area contributed by atoms with E-state index in [1.54, 1.807) is 23.0 Å². The van der Waals surface area contributed by atoms with Gasteiger partial charge in [0, 0.05) is 18.0 Å². The maximum atomic E-state index is 11.1. The van der Waals surface area contributed by atoms with E-state index in [0.29, 0.717) is 5.76 Å². The molecule has 0 aliphatic heterocycles. The number of nitrogens with two attached hydrogens (primary N) is 1. The Balaban J connectivity index is 2.15. The number of aryl methyl sites for hydroxylation is 1. The molecule has 2 heterocycles. The number of carbonyl (C=O) groups excluding carboxylic acids is 1. The van der Waals surface area contributed by atoms with E-state index in [-0.39, 0.29) is 5.76 Å². The van der Waals surface area contributed by atoms with Crippen molar-refractivity contribution in [3.05, 3.63) is 60.1 Å². The lowest BCUT2D eigenvalue weighted by Gasteiger charge is -2.08. The van der Waals surface area contributed by atoms with E-state index in [0.717, 1.165) is 16.8 Å². The molecule has 0 atom stereocenters. The third kappa shape index (κ3) is 2.09. The lowest BCUT2D eigenvalue weighted by molar-refractivity contribution is 0.0974. The number of aromatic nitrogens is 2. The van der Waals surface area contributed by atoms with Crippen LogP contribution in [0, 0.1) is 6.92 Å². The molecular weight excluding hydrogens is 254 g/mol. The summed E-state index contributed by atoms with van der Waals surface area (Å²) < 4.78 is 7.25. The van der Waals surface area contributed by atoms with Crippen LogP contribution in [0.3, 0.4) is 0 Å². The van der Waals surface area contributed by atoms with Gasteiger partial charge in [-0.05, 0) is 42.8 Å². The monoisotopic (exact) mass is 267 g/mol. The van der Waals surface area contributed by atoms with Gasteiger partial charge in [0.1, 0.15) is 5.76 Å². The van der Waals surface area contributed by atoms with Gasteiger partial charge >= 0.3 is 0 Å². The summed E-state index contributed by atoms with van der Waals surface area (Å²) in [6.07, 6.45) is 3.57. The van der Waals surface area contributed by atoms with Crippen LogP contribution in [0.25, 0.3) is 17.0 Å². The van der Waals surface area contributed by atoms with Gasteiger partial charge in [0.15, 0.2) is 5.76 Å². The fourth-order valence-electron chi connectivity index (χ4n) is 2.07. The van der Waals surface area contributed by atoms with Crippen LogP contribution < -0.4 is 5.73 Å². The molecular formula is C15H13N3O2. The summed E-state index contributed by atoms with van der Waals surface area (Å²) in [6, 6.07) is 11.1. The Labute approximate surface area is 115 Å². The summed E-state index contributed by atoms with van der Waals surface area (Å²) in [4.78, 5) is 11.1. The molecule has 1 amide bonds. The molecule has 1 aromatic carbocycles. The minimum atomic E-state index is -0.580. The standard InChI is InChI=1S/C15H13N3O2/c1-10-3-4-11(12(9-10)18-8-2-7-17-18)13-5-6-14(20-13)15(16)19/h2-9H,1H3,(H2,16,19). The SMILES string of the molecule is Cc1ccc(-c2ccc(C(N)=O)o2)c(-n2cccn2)c1. The zero-order valence-electron chi connectivity index (χ0n) is 10.9. The number of rotatable bonds is 3. The fourth-order valence-corrected chi connectivity index (χ4v) is 2.07. The highest BCUT2D eigenvalue weighted by molar-refractivity contribution is 5.90. The second-order valence-corrected chi connectivity index (χ2v) is 4.50. The number of hydrogen-bond acceptors (Lipinski definition) is 3. The molecule has 5 heteroatoms. The van der Waals surface area contributed by atoms with Gasteiger partial charge in [-0.2, -0.15) is 5.10 Å². The average Bonchev–Trinajstić information content (AvgIpc) is 3.10. The van der Waals surface area contributed by atoms with Gasteiger partial charge in [-0.25, -0.2) is 4.68 Å². The quantitative estimate of drug-likeness (QED) is 0.792. The number of furan rings is 1. The van der Waals surface area contributed by atoms with Crippen LogP contribution in [0.4, 0.5) is 0 Å². The number of carbonyl (C=O) groups is 1. The maximum Gasteiger partial charge on any atom is 0.284 e. The van der Waals surface area contributed by atoms with Crippen molar-refractivity contribution in [3.63, 3.8) is 0 Å². The van der Waals surface area contributed by atoms with Gasteiger partial charge in [-0.3, -0.25) is 4.79 Å². The Kier molecular flexibility index (Phi) is 2.87. The third-order valence-corrected chi connectivity index (χ3v) is 3.02. The summed E-state index contributed by atoms with van der Waals surface area (Å²) in [7, 11) is 0. The van der Waals surface area contributed by atoms with E-state index in [2.05, 4.69) is 5.10 Å². The second-order valence-electron chi connectivity index (χ2n) is 4.50. The van der Waals surface area contributed by atoms with Gasteiger partial charge < -0.3 is 10.2 Å². The number of benzene rings is 1. The molecule has 3 rings (SSSR count). The predicted molar refractivity (Wildman–Crippen MR) is 74.5 cm³/mol. The smallest absolute Gasteiger partial charge is 0.284 e. The van der Waals surface area contributed by atoms with Crippen LogP contribution >= 0.6 is 0 Å². The van der Waals surface area contributed by atoms with E-state index in [1.165, 1.54) is 0 Å². The van der Waals surface area contributed by atoms with E-state index in [4.69, 9.17) is 10.2 Å². The van der Waals surface area contributed by atoms with Crippen molar-refractivity contribution in [2.45, 2.75) is 6.92 Å². The van der Waals surface area contributed by atoms with Gasteiger partial charge in [0.2, 0.25) is 0 Å². The van der Waals surface area contributed by atoms with Crippen molar-refractivity contribution in [1.29, 1.82) is 0 Å². The second kappa shape index (κ2) is 4.70. The Morgan fingerprint density at radius 3 is 2.80 bits per heavy atom. The highest BCUT2D eigenvalue weighted by atomic mass is 16.3. The Morgan fingerprint density at radius 1 is 1.30 bits per heavy atom. The minimum absolute atomic E-state index is 0.145. The van der Waals surface area contributed by atoms with Gasteiger partial charge in [-0.15, -0.1) is 0 Å². The van der Waals surface area contributed by atoms with Crippen LogP contribution in [0.5, 0.6) is 0 Å². The summed E-state index contributed by atoms with van der Waals surface area (Å²) in [5.74, 6) is 0.153. The molecule has 2 aromatic heterocycles. The van der Waals surface area contributed by atoms with E-state index >= 15 is 0 Å². The molecule has 0 radical (unpaired) electrons. The highest BCUT2D eigenvalue weighted by Crippen LogP contribution is 2.29. The topological polar surface area (TPSA) is 74.1 Å². The zero-order chi connectivity index (χ0) is 14.1. The fraction of sp³-hybridized carbons (Fsp3) is 0.0667. The predicted octanol–water partition coefficient (Wildman–Crippen LogP) is 2.54. The van der Waals surface area contributed by atoms with Crippen LogP contribution in [-0.2, 0) is 0 Å². The molecule has 0 aliphatic carbocycles. The molecule has 0 spiro atoms. The number of primary amides is 1.